The first-order chi connectivity index (χ1) is 8.99. The van der Waals surface area contributed by atoms with Crippen molar-refractivity contribution in [2.75, 3.05) is 6.54 Å². The number of hydrogen-bond donors (Lipinski definition) is 2. The Morgan fingerprint density at radius 1 is 1.40 bits per heavy atom. The van der Waals surface area contributed by atoms with E-state index in [0.717, 1.165) is 28.6 Å². The first kappa shape index (κ1) is 17.5. The van der Waals surface area contributed by atoms with Crippen LogP contribution in [0.25, 0.3) is 0 Å². The van der Waals surface area contributed by atoms with Gasteiger partial charge in [0.1, 0.15) is 0 Å². The Bertz CT molecular complexity index is 471. The van der Waals surface area contributed by atoms with Crippen LogP contribution in [-0.2, 0) is 0 Å². The maximum absolute atomic E-state index is 12.3. The molecule has 0 saturated carbocycles. The van der Waals surface area contributed by atoms with Crippen molar-refractivity contribution in [3.8, 4) is 0 Å². The van der Waals surface area contributed by atoms with Gasteiger partial charge in [0.05, 0.1) is 0 Å². The molecule has 1 aromatic carbocycles. The van der Waals surface area contributed by atoms with Crippen molar-refractivity contribution >= 4 is 34.2 Å². The lowest BCUT2D eigenvalue weighted by Gasteiger charge is -2.36. The number of carbonyl (C=O) groups is 1. The second-order valence-electron chi connectivity index (χ2n) is 5.47. The van der Waals surface area contributed by atoms with Crippen LogP contribution in [0.4, 0.5) is 0 Å². The maximum atomic E-state index is 12.3. The van der Waals surface area contributed by atoms with Crippen LogP contribution in [0.3, 0.4) is 0 Å². The monoisotopic (exact) mass is 360 g/mol. The first-order valence-corrected chi connectivity index (χ1v) is 7.58. The van der Waals surface area contributed by atoms with Crippen molar-refractivity contribution in [3.63, 3.8) is 0 Å². The normalized spacial score (nSPS) is 25.7. The van der Waals surface area contributed by atoms with Crippen LogP contribution in [0.15, 0.2) is 22.7 Å². The lowest BCUT2D eigenvalue weighted by molar-refractivity contribution is 0.0897. The molecule has 5 heteroatoms. The molecule has 2 N–H and O–H groups in total. The second kappa shape index (κ2) is 7.43. The zero-order chi connectivity index (χ0) is 14.0. The molecule has 1 saturated heterocycles. The molecule has 0 aromatic heterocycles. The fraction of sp³-hybridized carbons (Fsp3) is 0.533. The van der Waals surface area contributed by atoms with Crippen molar-refractivity contribution in [1.29, 1.82) is 0 Å². The van der Waals surface area contributed by atoms with E-state index in [1.165, 1.54) is 0 Å². The number of halogens is 2. The Labute approximate surface area is 135 Å². The highest BCUT2D eigenvalue weighted by Gasteiger charge is 2.28. The highest BCUT2D eigenvalue weighted by atomic mass is 79.9. The molecule has 0 bridgehead atoms. The Balaban J connectivity index is 0.00000200. The fourth-order valence-corrected chi connectivity index (χ4v) is 2.87. The smallest absolute Gasteiger partial charge is 0.251 e. The van der Waals surface area contributed by atoms with Gasteiger partial charge in [0.15, 0.2) is 0 Å². The minimum atomic E-state index is 0. The van der Waals surface area contributed by atoms with E-state index in [-0.39, 0.29) is 24.4 Å². The number of nitrogens with one attached hydrogen (secondary N) is 2. The van der Waals surface area contributed by atoms with Crippen LogP contribution in [0, 0.1) is 12.8 Å². The van der Waals surface area contributed by atoms with E-state index in [9.17, 15) is 4.79 Å². The summed E-state index contributed by atoms with van der Waals surface area (Å²) in [7, 11) is 0. The van der Waals surface area contributed by atoms with Gasteiger partial charge in [-0.2, -0.15) is 0 Å². The van der Waals surface area contributed by atoms with Gasteiger partial charge in [0.2, 0.25) is 0 Å². The summed E-state index contributed by atoms with van der Waals surface area (Å²) in [4.78, 5) is 12.3. The van der Waals surface area contributed by atoms with E-state index < -0.39 is 0 Å². The van der Waals surface area contributed by atoms with Crippen molar-refractivity contribution in [1.82, 2.24) is 10.6 Å². The van der Waals surface area contributed by atoms with E-state index in [2.05, 4.69) is 40.4 Å². The fourth-order valence-electron chi connectivity index (χ4n) is 2.63. The first-order valence-electron chi connectivity index (χ1n) is 6.79. The predicted octanol–water partition coefficient (Wildman–Crippen LogP) is 3.30. The van der Waals surface area contributed by atoms with Crippen molar-refractivity contribution < 1.29 is 4.79 Å². The van der Waals surface area contributed by atoms with Crippen LogP contribution in [0.5, 0.6) is 0 Å². The third kappa shape index (κ3) is 3.96. The third-order valence-electron chi connectivity index (χ3n) is 3.94. The minimum absolute atomic E-state index is 0. The van der Waals surface area contributed by atoms with Crippen LogP contribution in [-0.4, -0.2) is 24.5 Å². The van der Waals surface area contributed by atoms with Gasteiger partial charge in [-0.15, -0.1) is 12.4 Å². The zero-order valence-corrected chi connectivity index (χ0v) is 14.5. The van der Waals surface area contributed by atoms with E-state index in [0.29, 0.717) is 12.0 Å². The zero-order valence-electron chi connectivity index (χ0n) is 12.1. The lowest BCUT2D eigenvalue weighted by Crippen LogP contribution is -2.55. The molecule has 3 unspecified atom stereocenters. The summed E-state index contributed by atoms with van der Waals surface area (Å²) >= 11 is 3.45. The summed E-state index contributed by atoms with van der Waals surface area (Å²) in [6.45, 7) is 7.36. The Morgan fingerprint density at radius 3 is 2.70 bits per heavy atom. The molecular formula is C15H22BrClN2O. The summed E-state index contributed by atoms with van der Waals surface area (Å²) in [6.07, 6.45) is 1.11. The van der Waals surface area contributed by atoms with E-state index in [4.69, 9.17) is 0 Å². The largest absolute Gasteiger partial charge is 0.347 e. The van der Waals surface area contributed by atoms with Crippen molar-refractivity contribution in [3.05, 3.63) is 33.8 Å². The Morgan fingerprint density at radius 2 is 2.10 bits per heavy atom. The number of rotatable bonds is 2. The topological polar surface area (TPSA) is 41.1 Å². The summed E-state index contributed by atoms with van der Waals surface area (Å²) in [5, 5.41) is 6.58. The van der Waals surface area contributed by atoms with Gasteiger partial charge in [0, 0.05) is 22.1 Å². The molecule has 112 valence electrons. The molecule has 20 heavy (non-hydrogen) atoms. The summed E-state index contributed by atoms with van der Waals surface area (Å²) < 4.78 is 1.03. The standard InChI is InChI=1S/C15H21BrN2O.ClH/c1-9-6-7-17-11(3)14(9)18-15(19)12-4-5-13(16)10(2)8-12;/h4-5,8-9,11,14,17H,6-7H2,1-3H3,(H,18,19);1H. The molecule has 1 aliphatic rings. The van der Waals surface area contributed by atoms with Crippen LogP contribution >= 0.6 is 28.3 Å². The number of hydrogen-bond acceptors (Lipinski definition) is 2. The molecule has 0 radical (unpaired) electrons. The second-order valence-corrected chi connectivity index (χ2v) is 6.33. The highest BCUT2D eigenvalue weighted by Crippen LogP contribution is 2.19. The molecule has 1 aliphatic heterocycles. The molecule has 3 atom stereocenters. The lowest BCUT2D eigenvalue weighted by atomic mass is 9.89. The quantitative estimate of drug-likeness (QED) is 0.848. The van der Waals surface area contributed by atoms with Crippen LogP contribution < -0.4 is 10.6 Å². The van der Waals surface area contributed by atoms with Gasteiger partial charge < -0.3 is 10.6 Å². The van der Waals surface area contributed by atoms with Crippen LogP contribution in [0.1, 0.15) is 36.2 Å². The van der Waals surface area contributed by atoms with Gasteiger partial charge in [-0.25, -0.2) is 0 Å². The van der Waals surface area contributed by atoms with E-state index in [1.54, 1.807) is 0 Å². The number of carbonyl (C=O) groups excluding carboxylic acids is 1. The number of benzene rings is 1. The van der Waals surface area contributed by atoms with Gasteiger partial charge in [-0.1, -0.05) is 22.9 Å². The van der Waals surface area contributed by atoms with Gasteiger partial charge in [-0.3, -0.25) is 4.79 Å². The van der Waals surface area contributed by atoms with E-state index >= 15 is 0 Å². The molecule has 0 aliphatic carbocycles. The average Bonchev–Trinajstić information content (AvgIpc) is 2.37. The molecule has 1 amide bonds. The van der Waals surface area contributed by atoms with Crippen molar-refractivity contribution in [2.24, 2.45) is 5.92 Å². The third-order valence-corrected chi connectivity index (χ3v) is 4.83. The molecule has 1 heterocycles. The summed E-state index contributed by atoms with van der Waals surface area (Å²) in [6, 6.07) is 6.23. The molecule has 2 rings (SSSR count). The predicted molar refractivity (Wildman–Crippen MR) is 88.6 cm³/mol. The van der Waals surface area contributed by atoms with Crippen LogP contribution in [0.2, 0.25) is 0 Å². The number of amides is 1. The van der Waals surface area contributed by atoms with Gasteiger partial charge in [0.25, 0.3) is 5.91 Å². The van der Waals surface area contributed by atoms with Gasteiger partial charge >= 0.3 is 0 Å². The molecule has 3 nitrogen and oxygen atoms in total. The minimum Gasteiger partial charge on any atom is -0.347 e. The van der Waals surface area contributed by atoms with Gasteiger partial charge in [-0.05, 0) is 56.5 Å². The SMILES string of the molecule is Cc1cc(C(=O)NC2C(C)CCNC2C)ccc1Br.Cl. The Hall–Kier alpha value is -0.580. The summed E-state index contributed by atoms with van der Waals surface area (Å²) in [5.41, 5.74) is 1.81. The van der Waals surface area contributed by atoms with E-state index in [1.807, 2.05) is 25.1 Å². The molecular weight excluding hydrogens is 340 g/mol. The Kier molecular flexibility index (Phi) is 6.49. The molecule has 1 aromatic rings. The number of piperidine rings is 1. The number of aryl methyl sites for hydroxylation is 1. The van der Waals surface area contributed by atoms with Crippen molar-refractivity contribution in [2.45, 2.75) is 39.3 Å². The summed E-state index contributed by atoms with van der Waals surface area (Å²) in [5.74, 6) is 0.528. The highest BCUT2D eigenvalue weighted by molar-refractivity contribution is 9.10. The molecule has 0 spiro atoms. The average molecular weight is 362 g/mol. The molecule has 1 fully saturated rings. The maximum Gasteiger partial charge on any atom is 0.251 e.